The van der Waals surface area contributed by atoms with Gasteiger partial charge in [-0.25, -0.2) is 0 Å². The zero-order valence-corrected chi connectivity index (χ0v) is 9.28. The average molecular weight is 230 g/mol. The molecule has 1 amide bonds. The summed E-state index contributed by atoms with van der Waals surface area (Å²) in [5.74, 6) is -0.438. The average Bonchev–Trinajstić information content (AvgIpc) is 2.39. The fourth-order valence-electron chi connectivity index (χ4n) is 1.39. The molecule has 0 spiro atoms. The molecule has 0 bridgehead atoms. The Labute approximate surface area is 99.7 Å². The molecule has 0 aromatic heterocycles. The molecule has 2 aromatic rings. The summed E-state index contributed by atoms with van der Waals surface area (Å²) in [5, 5.41) is 10.4. The van der Waals surface area contributed by atoms with Gasteiger partial charge in [-0.2, -0.15) is 5.06 Å². The predicted molar refractivity (Wildman–Crippen MR) is 66.5 cm³/mol. The van der Waals surface area contributed by atoms with Gasteiger partial charge in [0.2, 0.25) is 0 Å². The molecule has 0 saturated carbocycles. The van der Waals surface area contributed by atoms with Crippen LogP contribution in [0.2, 0.25) is 0 Å². The number of benzene rings is 2. The molecule has 4 N–H and O–H groups in total. The maximum Gasteiger partial charge on any atom is 0.281 e. The van der Waals surface area contributed by atoms with Crippen LogP contribution < -0.4 is 11.2 Å². The van der Waals surface area contributed by atoms with Crippen molar-refractivity contribution in [3.05, 3.63) is 66.2 Å². The molecule has 0 heterocycles. The van der Waals surface area contributed by atoms with Crippen LogP contribution in [0, 0.1) is 0 Å². The van der Waals surface area contributed by atoms with Crippen LogP contribution in [0.1, 0.15) is 10.4 Å². The van der Waals surface area contributed by atoms with Gasteiger partial charge in [-0.05, 0) is 24.3 Å². The number of hydrogen-bond donors (Lipinski definition) is 2. The Morgan fingerprint density at radius 1 is 0.882 bits per heavy atom. The third-order valence-corrected chi connectivity index (χ3v) is 2.21. The van der Waals surface area contributed by atoms with Crippen LogP contribution in [0.25, 0.3) is 0 Å². The van der Waals surface area contributed by atoms with E-state index in [1.807, 2.05) is 12.1 Å². The van der Waals surface area contributed by atoms with Crippen LogP contribution in [0.15, 0.2) is 60.7 Å². The lowest BCUT2D eigenvalue weighted by Gasteiger charge is -2.14. The number of hydrogen-bond acceptors (Lipinski definition) is 3. The van der Waals surface area contributed by atoms with Gasteiger partial charge in [0.25, 0.3) is 5.91 Å². The zero-order valence-electron chi connectivity index (χ0n) is 9.28. The Morgan fingerprint density at radius 2 is 1.35 bits per heavy atom. The molecule has 0 unspecified atom stereocenters. The first-order chi connectivity index (χ1) is 7.79. The van der Waals surface area contributed by atoms with E-state index < -0.39 is 5.91 Å². The number of para-hydroxylation sites is 1. The number of nitrogens with zero attached hydrogens (tertiary/aromatic N) is 1. The van der Waals surface area contributed by atoms with E-state index in [1.54, 1.807) is 48.5 Å². The van der Waals surface area contributed by atoms with Crippen molar-refractivity contribution in [2.24, 2.45) is 0 Å². The normalized spacial score (nSPS) is 9.24. The van der Waals surface area contributed by atoms with E-state index in [-0.39, 0.29) is 6.15 Å². The second-order valence-electron chi connectivity index (χ2n) is 3.32. The van der Waals surface area contributed by atoms with E-state index in [0.717, 1.165) is 0 Å². The first kappa shape index (κ1) is 12.9. The lowest BCUT2D eigenvalue weighted by Crippen LogP contribution is -2.26. The third-order valence-electron chi connectivity index (χ3n) is 2.21. The second kappa shape index (κ2) is 5.79. The highest BCUT2D eigenvalue weighted by Gasteiger charge is 2.14. The maximum absolute atomic E-state index is 11.8. The Balaban J connectivity index is 0.00000144. The molecular formula is C13H14N2O2. The molecule has 0 saturated heterocycles. The fourth-order valence-corrected chi connectivity index (χ4v) is 1.39. The minimum atomic E-state index is -0.438. The minimum absolute atomic E-state index is 0. The van der Waals surface area contributed by atoms with Crippen molar-refractivity contribution in [1.29, 1.82) is 0 Å². The summed E-state index contributed by atoms with van der Waals surface area (Å²) in [5.41, 5.74) is 0.908. The van der Waals surface area contributed by atoms with Crippen molar-refractivity contribution >= 4 is 11.6 Å². The number of hydroxylamine groups is 1. The first-order valence-electron chi connectivity index (χ1n) is 4.92. The minimum Gasteiger partial charge on any atom is -0.344 e. The van der Waals surface area contributed by atoms with Crippen LogP contribution in [0.4, 0.5) is 5.69 Å². The molecule has 2 rings (SSSR count). The standard InChI is InChI=1S/C13H11NO2.H3N/c15-13(11-7-3-1-4-8-11)14(16)12-9-5-2-6-10-12;/h1-10,16H;1H3. The van der Waals surface area contributed by atoms with Crippen molar-refractivity contribution in [3.63, 3.8) is 0 Å². The highest BCUT2D eigenvalue weighted by molar-refractivity contribution is 6.04. The fraction of sp³-hybridized carbons (Fsp3) is 0. The molecular weight excluding hydrogens is 216 g/mol. The Kier molecular flexibility index (Phi) is 4.39. The lowest BCUT2D eigenvalue weighted by atomic mass is 10.2. The van der Waals surface area contributed by atoms with Crippen molar-refractivity contribution in [2.75, 3.05) is 5.06 Å². The Bertz CT molecular complexity index is 471. The summed E-state index contributed by atoms with van der Waals surface area (Å²) in [6.45, 7) is 0. The number of rotatable bonds is 2. The molecule has 2 aromatic carbocycles. The molecule has 17 heavy (non-hydrogen) atoms. The highest BCUT2D eigenvalue weighted by atomic mass is 16.5. The Hall–Kier alpha value is -2.17. The topological polar surface area (TPSA) is 75.5 Å². The molecule has 0 aliphatic heterocycles. The summed E-state index contributed by atoms with van der Waals surface area (Å²) < 4.78 is 0. The molecule has 0 atom stereocenters. The predicted octanol–water partition coefficient (Wildman–Crippen LogP) is 2.88. The number of carbonyl (C=O) groups is 1. The van der Waals surface area contributed by atoms with Crippen molar-refractivity contribution < 1.29 is 10.0 Å². The largest absolute Gasteiger partial charge is 0.344 e. The van der Waals surface area contributed by atoms with E-state index in [4.69, 9.17) is 0 Å². The summed E-state index contributed by atoms with van der Waals surface area (Å²) in [4.78, 5) is 11.8. The van der Waals surface area contributed by atoms with Gasteiger partial charge in [-0.1, -0.05) is 36.4 Å². The summed E-state index contributed by atoms with van der Waals surface area (Å²) in [7, 11) is 0. The lowest BCUT2D eigenvalue weighted by molar-refractivity contribution is 0.0855. The molecule has 0 aliphatic carbocycles. The zero-order chi connectivity index (χ0) is 11.4. The molecule has 0 radical (unpaired) electrons. The summed E-state index contributed by atoms with van der Waals surface area (Å²) in [6, 6.07) is 17.3. The highest BCUT2D eigenvalue weighted by Crippen LogP contribution is 2.14. The second-order valence-corrected chi connectivity index (χ2v) is 3.32. The molecule has 4 heteroatoms. The van der Waals surface area contributed by atoms with Crippen LogP contribution >= 0.6 is 0 Å². The van der Waals surface area contributed by atoms with E-state index in [0.29, 0.717) is 16.3 Å². The van der Waals surface area contributed by atoms with Gasteiger partial charge < -0.3 is 6.15 Å². The smallest absolute Gasteiger partial charge is 0.281 e. The SMILES string of the molecule is N.O=C(c1ccccc1)N(O)c1ccccc1. The molecule has 0 fully saturated rings. The van der Waals surface area contributed by atoms with E-state index in [9.17, 15) is 10.0 Å². The number of carbonyl (C=O) groups excluding carboxylic acids is 1. The molecule has 88 valence electrons. The summed E-state index contributed by atoms with van der Waals surface area (Å²) in [6.07, 6.45) is 0. The first-order valence-corrected chi connectivity index (χ1v) is 4.92. The maximum atomic E-state index is 11.8. The van der Waals surface area contributed by atoms with Gasteiger partial charge in [-0.3, -0.25) is 10.0 Å². The van der Waals surface area contributed by atoms with E-state index in [1.165, 1.54) is 0 Å². The monoisotopic (exact) mass is 230 g/mol. The van der Waals surface area contributed by atoms with Gasteiger partial charge in [0.15, 0.2) is 0 Å². The number of amides is 1. The van der Waals surface area contributed by atoms with Gasteiger partial charge in [0.05, 0.1) is 5.69 Å². The van der Waals surface area contributed by atoms with Gasteiger partial charge >= 0.3 is 0 Å². The van der Waals surface area contributed by atoms with Crippen LogP contribution in [-0.4, -0.2) is 11.1 Å². The van der Waals surface area contributed by atoms with Crippen LogP contribution in [-0.2, 0) is 0 Å². The van der Waals surface area contributed by atoms with Crippen LogP contribution in [0.5, 0.6) is 0 Å². The van der Waals surface area contributed by atoms with Gasteiger partial charge in [0, 0.05) is 5.56 Å². The van der Waals surface area contributed by atoms with Crippen molar-refractivity contribution in [1.82, 2.24) is 6.15 Å². The van der Waals surface area contributed by atoms with E-state index >= 15 is 0 Å². The van der Waals surface area contributed by atoms with Crippen LogP contribution in [0.3, 0.4) is 0 Å². The number of anilines is 1. The van der Waals surface area contributed by atoms with Gasteiger partial charge in [0.1, 0.15) is 0 Å². The third kappa shape index (κ3) is 2.90. The van der Waals surface area contributed by atoms with E-state index in [2.05, 4.69) is 0 Å². The van der Waals surface area contributed by atoms with Crippen molar-refractivity contribution in [2.45, 2.75) is 0 Å². The molecule has 4 nitrogen and oxygen atoms in total. The molecule has 0 aliphatic rings. The quantitative estimate of drug-likeness (QED) is 0.615. The Morgan fingerprint density at radius 3 is 1.88 bits per heavy atom. The van der Waals surface area contributed by atoms with Gasteiger partial charge in [-0.15, -0.1) is 0 Å². The van der Waals surface area contributed by atoms with Crippen molar-refractivity contribution in [3.8, 4) is 0 Å². The summed E-state index contributed by atoms with van der Waals surface area (Å²) >= 11 is 0.